The van der Waals surface area contributed by atoms with Crippen LogP contribution in [0.1, 0.15) is 13.3 Å². The predicted octanol–water partition coefficient (Wildman–Crippen LogP) is 2.24. The zero-order valence-corrected chi connectivity index (χ0v) is 10.8. The molecule has 2 heterocycles. The molecule has 7 heteroatoms. The molecule has 0 radical (unpaired) electrons. The maximum Gasteiger partial charge on any atom is 0.409 e. The third-order valence-corrected chi connectivity index (χ3v) is 3.52. The second kappa shape index (κ2) is 4.62. The number of nitrogens with one attached hydrogen (secondary N) is 2. The molecule has 2 atom stereocenters. The number of hydrogen-bond donors (Lipinski definition) is 2. The van der Waals surface area contributed by atoms with Crippen molar-refractivity contribution in [2.24, 2.45) is 0 Å². The Morgan fingerprint density at radius 1 is 1.47 bits per heavy atom. The van der Waals surface area contributed by atoms with Crippen molar-refractivity contribution >= 4 is 15.9 Å². The van der Waals surface area contributed by atoms with Gasteiger partial charge < -0.3 is 0 Å². The molecule has 0 saturated carbocycles. The molecule has 2 N–H and O–H groups in total. The van der Waals surface area contributed by atoms with Crippen LogP contribution in [0.2, 0.25) is 0 Å². The van der Waals surface area contributed by atoms with Gasteiger partial charge in [0.1, 0.15) is 12.2 Å². The molecule has 17 heavy (non-hydrogen) atoms. The molecular formula is C10H13BrF3N3. The second-order valence-electron chi connectivity index (χ2n) is 4.06. The van der Waals surface area contributed by atoms with E-state index in [9.17, 15) is 13.2 Å². The molecule has 0 spiro atoms. The first kappa shape index (κ1) is 12.9. The molecule has 96 valence electrons. The summed E-state index contributed by atoms with van der Waals surface area (Å²) in [6.45, 7) is 2.41. The quantitative estimate of drug-likeness (QED) is 0.778. The van der Waals surface area contributed by atoms with Crippen LogP contribution in [0.25, 0.3) is 0 Å². The van der Waals surface area contributed by atoms with Gasteiger partial charge in [-0.05, 0) is 19.4 Å². The molecule has 2 aliphatic heterocycles. The lowest BCUT2D eigenvalue weighted by Crippen LogP contribution is -2.54. The summed E-state index contributed by atoms with van der Waals surface area (Å²) < 4.78 is 38.6. The lowest BCUT2D eigenvalue weighted by atomic mass is 10.2. The van der Waals surface area contributed by atoms with Gasteiger partial charge in [-0.2, -0.15) is 13.2 Å². The van der Waals surface area contributed by atoms with E-state index in [1.165, 1.54) is 11.1 Å². The normalized spacial score (nSPS) is 30.3. The number of hydrazine groups is 1. The van der Waals surface area contributed by atoms with Crippen LogP contribution in [-0.4, -0.2) is 29.9 Å². The predicted molar refractivity (Wildman–Crippen MR) is 62.0 cm³/mol. The minimum Gasteiger partial charge on any atom is -0.292 e. The average Bonchev–Trinajstić information content (AvgIpc) is 2.61. The van der Waals surface area contributed by atoms with Crippen molar-refractivity contribution in [2.75, 3.05) is 6.54 Å². The van der Waals surface area contributed by atoms with Crippen molar-refractivity contribution in [1.29, 1.82) is 0 Å². The first-order chi connectivity index (χ1) is 7.89. The summed E-state index contributed by atoms with van der Waals surface area (Å²) in [4.78, 5) is 0. The number of allylic oxidation sites excluding steroid dienone is 1. The van der Waals surface area contributed by atoms with Crippen LogP contribution in [0, 0.1) is 0 Å². The summed E-state index contributed by atoms with van der Waals surface area (Å²) in [5, 5.41) is 4.67. The standard InChI is InChI=1S/C10H13BrF3N3/c1-6-5-8(10(12,13)14)16-17(6)9-7(11)3-2-4-15-9/h3,5,8-9,15-16H,2,4H2,1H3. The van der Waals surface area contributed by atoms with E-state index in [0.717, 1.165) is 17.4 Å². The third-order valence-electron chi connectivity index (χ3n) is 2.76. The van der Waals surface area contributed by atoms with Crippen LogP contribution in [0.3, 0.4) is 0 Å². The highest BCUT2D eigenvalue weighted by atomic mass is 79.9. The fraction of sp³-hybridized carbons (Fsp3) is 0.600. The first-order valence-corrected chi connectivity index (χ1v) is 6.08. The Balaban J connectivity index is 2.13. The van der Waals surface area contributed by atoms with E-state index in [0.29, 0.717) is 5.70 Å². The van der Waals surface area contributed by atoms with Crippen LogP contribution in [0.5, 0.6) is 0 Å². The van der Waals surface area contributed by atoms with Crippen molar-refractivity contribution in [3.8, 4) is 0 Å². The molecule has 0 fully saturated rings. The topological polar surface area (TPSA) is 27.3 Å². The van der Waals surface area contributed by atoms with E-state index in [1.807, 2.05) is 6.08 Å². The second-order valence-corrected chi connectivity index (χ2v) is 4.98. The summed E-state index contributed by atoms with van der Waals surface area (Å²) in [5.41, 5.74) is 3.03. The number of hydrogen-bond acceptors (Lipinski definition) is 3. The van der Waals surface area contributed by atoms with E-state index in [1.54, 1.807) is 6.92 Å². The fourth-order valence-corrected chi connectivity index (χ4v) is 2.51. The molecule has 2 unspecified atom stereocenters. The number of rotatable bonds is 1. The minimum atomic E-state index is -4.26. The number of nitrogens with zero attached hydrogens (tertiary/aromatic N) is 1. The van der Waals surface area contributed by atoms with Gasteiger partial charge in [0.25, 0.3) is 0 Å². The van der Waals surface area contributed by atoms with Gasteiger partial charge in [-0.3, -0.25) is 10.3 Å². The smallest absolute Gasteiger partial charge is 0.292 e. The van der Waals surface area contributed by atoms with E-state index >= 15 is 0 Å². The van der Waals surface area contributed by atoms with Gasteiger partial charge in [0, 0.05) is 16.7 Å². The van der Waals surface area contributed by atoms with E-state index in [-0.39, 0.29) is 6.17 Å². The van der Waals surface area contributed by atoms with Crippen LogP contribution < -0.4 is 10.7 Å². The molecule has 0 amide bonds. The molecule has 0 aliphatic carbocycles. The van der Waals surface area contributed by atoms with Crippen molar-refractivity contribution in [3.63, 3.8) is 0 Å². The first-order valence-electron chi connectivity index (χ1n) is 5.29. The zero-order valence-electron chi connectivity index (χ0n) is 9.18. The van der Waals surface area contributed by atoms with Gasteiger partial charge in [0.15, 0.2) is 0 Å². The Hall–Kier alpha value is -0.530. The van der Waals surface area contributed by atoms with Gasteiger partial charge in [-0.25, -0.2) is 5.43 Å². The summed E-state index contributed by atoms with van der Waals surface area (Å²) in [5.74, 6) is 0. The van der Waals surface area contributed by atoms with Crippen LogP contribution in [-0.2, 0) is 0 Å². The lowest BCUT2D eigenvalue weighted by molar-refractivity contribution is -0.151. The zero-order chi connectivity index (χ0) is 12.6. The molecule has 3 nitrogen and oxygen atoms in total. The number of alkyl halides is 3. The highest BCUT2D eigenvalue weighted by Crippen LogP contribution is 2.30. The highest BCUT2D eigenvalue weighted by Gasteiger charge is 2.44. The minimum absolute atomic E-state index is 0.271. The van der Waals surface area contributed by atoms with E-state index in [2.05, 4.69) is 26.7 Å². The van der Waals surface area contributed by atoms with Crippen LogP contribution in [0.15, 0.2) is 22.3 Å². The van der Waals surface area contributed by atoms with Crippen LogP contribution >= 0.6 is 15.9 Å². The van der Waals surface area contributed by atoms with Gasteiger partial charge in [-0.1, -0.05) is 22.0 Å². The Bertz CT molecular complexity index is 364. The Morgan fingerprint density at radius 2 is 2.18 bits per heavy atom. The average molecular weight is 312 g/mol. The molecule has 0 bridgehead atoms. The summed E-state index contributed by atoms with van der Waals surface area (Å²) >= 11 is 3.37. The van der Waals surface area contributed by atoms with Crippen molar-refractivity contribution < 1.29 is 13.2 Å². The van der Waals surface area contributed by atoms with Crippen molar-refractivity contribution in [3.05, 3.63) is 22.3 Å². The highest BCUT2D eigenvalue weighted by molar-refractivity contribution is 9.11. The van der Waals surface area contributed by atoms with E-state index < -0.39 is 12.2 Å². The largest absolute Gasteiger partial charge is 0.409 e. The van der Waals surface area contributed by atoms with Gasteiger partial charge >= 0.3 is 6.18 Å². The summed E-state index contributed by atoms with van der Waals surface area (Å²) in [6, 6.07) is -1.61. The van der Waals surface area contributed by atoms with Crippen molar-refractivity contribution in [2.45, 2.75) is 31.7 Å². The Kier molecular flexibility index (Phi) is 3.51. The van der Waals surface area contributed by atoms with Gasteiger partial charge in [0.05, 0.1) is 0 Å². The maximum absolute atomic E-state index is 12.6. The molecule has 0 saturated heterocycles. The Labute approximate surface area is 106 Å². The molecule has 0 aromatic rings. The fourth-order valence-electron chi connectivity index (χ4n) is 1.91. The van der Waals surface area contributed by atoms with Crippen LogP contribution in [0.4, 0.5) is 13.2 Å². The van der Waals surface area contributed by atoms with Gasteiger partial charge in [-0.15, -0.1) is 0 Å². The summed E-state index contributed by atoms with van der Waals surface area (Å²) in [7, 11) is 0. The monoisotopic (exact) mass is 311 g/mol. The SMILES string of the molecule is CC1=CC(C(F)(F)F)NN1C1NCCC=C1Br. The molecule has 0 aromatic carbocycles. The molecular weight excluding hydrogens is 299 g/mol. The van der Waals surface area contributed by atoms with E-state index in [4.69, 9.17) is 0 Å². The van der Waals surface area contributed by atoms with Gasteiger partial charge in [0.2, 0.25) is 0 Å². The molecule has 2 aliphatic rings. The maximum atomic E-state index is 12.6. The molecule has 0 aromatic heterocycles. The number of halogens is 4. The lowest BCUT2D eigenvalue weighted by Gasteiger charge is -2.34. The van der Waals surface area contributed by atoms with Crippen molar-refractivity contribution in [1.82, 2.24) is 15.8 Å². The molecule has 2 rings (SSSR count). The third kappa shape index (κ3) is 2.66. The summed E-state index contributed by atoms with van der Waals surface area (Å²) in [6.07, 6.45) is -0.502. The Morgan fingerprint density at radius 3 is 2.71 bits per heavy atom.